The molecule has 0 saturated carbocycles. The van der Waals surface area contributed by atoms with Crippen molar-refractivity contribution < 1.29 is 14.5 Å². The number of pyridine rings is 1. The van der Waals surface area contributed by atoms with Crippen molar-refractivity contribution in [3.05, 3.63) is 64.0 Å². The molecule has 1 aromatic heterocycles. The summed E-state index contributed by atoms with van der Waals surface area (Å²) in [6.45, 7) is 4.21. The predicted octanol–water partition coefficient (Wildman–Crippen LogP) is 2.32. The number of nitrogens with one attached hydrogen (secondary N) is 1. The van der Waals surface area contributed by atoms with Crippen molar-refractivity contribution in [3.63, 3.8) is 0 Å². The number of nitrogens with zero attached hydrogens (tertiary/aromatic N) is 3. The quantitative estimate of drug-likeness (QED) is 0.652. The number of non-ortho nitro benzene ring substituents is 1. The molecule has 8 heteroatoms. The molecule has 1 amide bonds. The number of carbonyl (C=O) groups is 1. The molecule has 2 aromatic rings. The molecular weight excluding hydrogens is 336 g/mol. The van der Waals surface area contributed by atoms with Gasteiger partial charge in [-0.2, -0.15) is 0 Å². The predicted molar refractivity (Wildman–Crippen MR) is 96.2 cm³/mol. The Kier molecular flexibility index (Phi) is 5.43. The molecule has 1 saturated heterocycles. The fourth-order valence-corrected chi connectivity index (χ4v) is 2.88. The zero-order valence-corrected chi connectivity index (χ0v) is 14.4. The van der Waals surface area contributed by atoms with Gasteiger partial charge in [0.15, 0.2) is 0 Å². The van der Waals surface area contributed by atoms with Crippen LogP contribution in [0.15, 0.2) is 42.6 Å². The molecule has 0 aliphatic carbocycles. The number of morpholine rings is 1. The second kappa shape index (κ2) is 7.92. The van der Waals surface area contributed by atoms with Crippen LogP contribution in [0.2, 0.25) is 0 Å². The first-order valence-electron chi connectivity index (χ1n) is 8.39. The lowest BCUT2D eigenvalue weighted by atomic mass is 10.1. The summed E-state index contributed by atoms with van der Waals surface area (Å²) in [4.78, 5) is 29.7. The summed E-state index contributed by atoms with van der Waals surface area (Å²) in [6, 6.07) is 9.52. The molecule has 1 atom stereocenters. The maximum atomic E-state index is 12.8. The minimum Gasteiger partial charge on any atom is -0.378 e. The molecule has 1 aliphatic rings. The molecule has 136 valence electrons. The molecule has 3 rings (SSSR count). The lowest BCUT2D eigenvalue weighted by Crippen LogP contribution is -2.38. The summed E-state index contributed by atoms with van der Waals surface area (Å²) in [5.74, 6) is -0.367. The molecular formula is C18H20N4O4. The third kappa shape index (κ3) is 3.97. The minimum absolute atomic E-state index is 0.113. The SMILES string of the molecule is CC(NC(=O)c1cc([N+](=O)[O-])ccc1N1CCOCC1)c1ccccn1. The highest BCUT2D eigenvalue weighted by Crippen LogP contribution is 2.27. The Labute approximate surface area is 150 Å². The number of nitro groups is 1. The van der Waals surface area contributed by atoms with E-state index in [1.165, 1.54) is 12.1 Å². The van der Waals surface area contributed by atoms with Crippen LogP contribution in [-0.2, 0) is 4.74 Å². The van der Waals surface area contributed by atoms with Gasteiger partial charge in [0.2, 0.25) is 0 Å². The Morgan fingerprint density at radius 3 is 2.73 bits per heavy atom. The van der Waals surface area contributed by atoms with Gasteiger partial charge in [0, 0.05) is 31.4 Å². The summed E-state index contributed by atoms with van der Waals surface area (Å²) in [5.41, 5.74) is 1.56. The summed E-state index contributed by atoms with van der Waals surface area (Å²) >= 11 is 0. The van der Waals surface area contributed by atoms with Crippen molar-refractivity contribution in [1.29, 1.82) is 0 Å². The van der Waals surface area contributed by atoms with Crippen molar-refractivity contribution in [3.8, 4) is 0 Å². The van der Waals surface area contributed by atoms with Crippen LogP contribution in [0.25, 0.3) is 0 Å². The number of anilines is 1. The molecule has 1 aliphatic heterocycles. The Morgan fingerprint density at radius 2 is 2.08 bits per heavy atom. The topological polar surface area (TPSA) is 97.6 Å². The van der Waals surface area contributed by atoms with E-state index in [1.807, 2.05) is 24.0 Å². The average molecular weight is 356 g/mol. The molecule has 0 spiro atoms. The van der Waals surface area contributed by atoms with Gasteiger partial charge in [-0.1, -0.05) is 6.07 Å². The number of aromatic nitrogens is 1. The van der Waals surface area contributed by atoms with Gasteiger partial charge in [-0.15, -0.1) is 0 Å². The van der Waals surface area contributed by atoms with Gasteiger partial charge in [-0.05, 0) is 25.1 Å². The Morgan fingerprint density at radius 1 is 1.31 bits per heavy atom. The minimum atomic E-state index is -0.498. The van der Waals surface area contributed by atoms with E-state index in [4.69, 9.17) is 4.74 Å². The Hall–Kier alpha value is -3.00. The third-order valence-electron chi connectivity index (χ3n) is 4.27. The van der Waals surface area contributed by atoms with Crippen LogP contribution in [-0.4, -0.2) is 42.1 Å². The van der Waals surface area contributed by atoms with Crippen molar-refractivity contribution in [1.82, 2.24) is 10.3 Å². The van der Waals surface area contributed by atoms with E-state index < -0.39 is 4.92 Å². The lowest BCUT2D eigenvalue weighted by molar-refractivity contribution is -0.384. The van der Waals surface area contributed by atoms with Gasteiger partial charge >= 0.3 is 0 Å². The first-order valence-corrected chi connectivity index (χ1v) is 8.39. The van der Waals surface area contributed by atoms with E-state index in [2.05, 4.69) is 10.3 Å². The van der Waals surface area contributed by atoms with E-state index in [-0.39, 0.29) is 23.2 Å². The highest BCUT2D eigenvalue weighted by atomic mass is 16.6. The van der Waals surface area contributed by atoms with Crippen molar-refractivity contribution in [2.24, 2.45) is 0 Å². The Bertz CT molecular complexity index is 791. The van der Waals surface area contributed by atoms with E-state index in [0.29, 0.717) is 32.0 Å². The molecule has 1 fully saturated rings. The number of amides is 1. The molecule has 1 N–H and O–H groups in total. The first-order chi connectivity index (χ1) is 12.6. The Balaban J connectivity index is 1.88. The monoisotopic (exact) mass is 356 g/mol. The first kappa shape index (κ1) is 17.8. The van der Waals surface area contributed by atoms with Crippen LogP contribution >= 0.6 is 0 Å². The van der Waals surface area contributed by atoms with Gasteiger partial charge in [0.1, 0.15) is 0 Å². The van der Waals surface area contributed by atoms with Gasteiger partial charge < -0.3 is 15.0 Å². The zero-order chi connectivity index (χ0) is 18.5. The fourth-order valence-electron chi connectivity index (χ4n) is 2.88. The van der Waals surface area contributed by atoms with Crippen LogP contribution in [0, 0.1) is 10.1 Å². The van der Waals surface area contributed by atoms with Gasteiger partial charge in [0.05, 0.1) is 41.1 Å². The van der Waals surface area contributed by atoms with Crippen LogP contribution in [0.5, 0.6) is 0 Å². The highest BCUT2D eigenvalue weighted by Gasteiger charge is 2.23. The van der Waals surface area contributed by atoms with Crippen LogP contribution in [0.4, 0.5) is 11.4 Å². The van der Waals surface area contributed by atoms with E-state index in [0.717, 1.165) is 5.69 Å². The maximum absolute atomic E-state index is 12.8. The number of carbonyl (C=O) groups excluding carboxylic acids is 1. The van der Waals surface area contributed by atoms with Crippen LogP contribution in [0.3, 0.4) is 0 Å². The molecule has 0 radical (unpaired) electrons. The van der Waals surface area contributed by atoms with Crippen molar-refractivity contribution in [2.75, 3.05) is 31.2 Å². The van der Waals surface area contributed by atoms with Crippen molar-refractivity contribution in [2.45, 2.75) is 13.0 Å². The number of hydrogen-bond donors (Lipinski definition) is 1. The van der Waals surface area contributed by atoms with E-state index in [9.17, 15) is 14.9 Å². The molecule has 1 unspecified atom stereocenters. The molecule has 1 aromatic carbocycles. The van der Waals surface area contributed by atoms with Gasteiger partial charge in [-0.25, -0.2) is 0 Å². The van der Waals surface area contributed by atoms with E-state index >= 15 is 0 Å². The number of ether oxygens (including phenoxy) is 1. The number of rotatable bonds is 5. The summed E-state index contributed by atoms with van der Waals surface area (Å²) < 4.78 is 5.35. The van der Waals surface area contributed by atoms with Gasteiger partial charge in [-0.3, -0.25) is 19.9 Å². The van der Waals surface area contributed by atoms with E-state index in [1.54, 1.807) is 18.3 Å². The smallest absolute Gasteiger partial charge is 0.270 e. The second-order valence-corrected chi connectivity index (χ2v) is 6.01. The molecule has 0 bridgehead atoms. The van der Waals surface area contributed by atoms with Crippen LogP contribution in [0.1, 0.15) is 29.0 Å². The fraction of sp³-hybridized carbons (Fsp3) is 0.333. The summed E-state index contributed by atoms with van der Waals surface area (Å²) in [7, 11) is 0. The van der Waals surface area contributed by atoms with Crippen molar-refractivity contribution >= 4 is 17.3 Å². The number of nitro benzene ring substituents is 1. The largest absolute Gasteiger partial charge is 0.378 e. The summed E-state index contributed by atoms with van der Waals surface area (Å²) in [6.07, 6.45) is 1.66. The highest BCUT2D eigenvalue weighted by molar-refractivity contribution is 6.00. The molecule has 8 nitrogen and oxygen atoms in total. The zero-order valence-electron chi connectivity index (χ0n) is 14.4. The lowest BCUT2D eigenvalue weighted by Gasteiger charge is -2.30. The third-order valence-corrected chi connectivity index (χ3v) is 4.27. The normalized spacial score (nSPS) is 15.3. The summed E-state index contributed by atoms with van der Waals surface area (Å²) in [5, 5.41) is 14.0. The van der Waals surface area contributed by atoms with Gasteiger partial charge in [0.25, 0.3) is 11.6 Å². The molecule has 2 heterocycles. The van der Waals surface area contributed by atoms with Crippen LogP contribution < -0.4 is 10.2 Å². The number of hydrogen-bond acceptors (Lipinski definition) is 6. The number of benzene rings is 1. The average Bonchev–Trinajstić information content (AvgIpc) is 2.68. The molecule has 26 heavy (non-hydrogen) atoms. The maximum Gasteiger partial charge on any atom is 0.270 e. The second-order valence-electron chi connectivity index (χ2n) is 6.01. The standard InChI is InChI=1S/C18H20N4O4/c1-13(16-4-2-3-7-19-16)20-18(23)15-12-14(22(24)25)5-6-17(15)21-8-10-26-11-9-21/h2-7,12-13H,8-11H2,1H3,(H,20,23).